The van der Waals surface area contributed by atoms with Gasteiger partial charge in [-0.3, -0.25) is 28.4 Å². The maximum absolute atomic E-state index is 12.9. The highest BCUT2D eigenvalue weighted by Gasteiger charge is 2.54. The Hall–Kier alpha value is -9.65. The first-order valence-corrected chi connectivity index (χ1v) is 44.7. The number of likely N-dealkylation sites (N-methyl/N-ethyl adjacent to an activating group) is 2. The molecule has 2 saturated heterocycles. The number of aliphatic hydroxyl groups excluding tert-OH is 1. The van der Waals surface area contributed by atoms with Gasteiger partial charge in [-0.05, 0) is 226 Å². The van der Waals surface area contributed by atoms with Gasteiger partial charge >= 0.3 is 24.2 Å². The summed E-state index contributed by atoms with van der Waals surface area (Å²) in [5.41, 5.74) is 13.4. The van der Waals surface area contributed by atoms with Gasteiger partial charge in [0.2, 0.25) is 6.20 Å². The molecule has 6 heterocycles. The van der Waals surface area contributed by atoms with Crippen molar-refractivity contribution in [1.82, 2.24) is 43.3 Å². The summed E-state index contributed by atoms with van der Waals surface area (Å²) in [5, 5.41) is 9.97. The number of pyridine rings is 1. The molecular formula is C103H144Br2ClN11O14. The number of hydrogen-bond donors (Lipinski definition) is 1. The summed E-state index contributed by atoms with van der Waals surface area (Å²) in [5.74, 6) is 6.26. The molecule has 25 nitrogen and oxygen atoms in total. The number of halogens is 3. The van der Waals surface area contributed by atoms with Crippen molar-refractivity contribution in [3.05, 3.63) is 227 Å². The molecule has 7 aromatic carbocycles. The summed E-state index contributed by atoms with van der Waals surface area (Å²) < 4.78 is 46.9. The number of fused-ring (bicyclic) bond motifs is 4. The molecule has 0 bridgehead atoms. The lowest BCUT2D eigenvalue weighted by molar-refractivity contribution is -0.671. The lowest BCUT2D eigenvalue weighted by atomic mass is 9.69. The van der Waals surface area contributed by atoms with Crippen LogP contribution in [0.3, 0.4) is 0 Å². The number of Topliss-reactive ketones (excluding diaryl/α,β-unsaturated/α-hetero) is 1. The maximum atomic E-state index is 12.9. The van der Waals surface area contributed by atoms with Gasteiger partial charge in [-0.15, -0.1) is 0 Å². The number of rotatable bonds is 18. The van der Waals surface area contributed by atoms with Crippen molar-refractivity contribution in [1.29, 1.82) is 0 Å². The van der Waals surface area contributed by atoms with Crippen molar-refractivity contribution in [3.63, 3.8) is 0 Å². The van der Waals surface area contributed by atoms with E-state index in [4.69, 9.17) is 37.9 Å². The van der Waals surface area contributed by atoms with Gasteiger partial charge in [0.25, 0.3) is 0 Å². The van der Waals surface area contributed by atoms with Gasteiger partial charge < -0.3 is 119 Å². The highest BCUT2D eigenvalue weighted by Crippen LogP contribution is 2.56. The quantitative estimate of drug-likeness (QED) is 0.0291. The zero-order valence-electron chi connectivity index (χ0n) is 81.9. The number of ketones is 1. The molecule has 3 amide bonds. The molecule has 8 aromatic rings. The number of aryl methyl sites for hydroxylation is 2. The molecule has 131 heavy (non-hydrogen) atoms. The van der Waals surface area contributed by atoms with Gasteiger partial charge in [-0.2, -0.15) is 0 Å². The summed E-state index contributed by atoms with van der Waals surface area (Å²) in [6.07, 6.45) is 14.1. The number of anilines is 1. The van der Waals surface area contributed by atoms with Gasteiger partial charge in [-0.25, -0.2) is 19.0 Å². The van der Waals surface area contributed by atoms with Gasteiger partial charge in [0, 0.05) is 134 Å². The Kier molecular flexibility index (Phi) is 41.9. The number of aromatic nitrogens is 1. The summed E-state index contributed by atoms with van der Waals surface area (Å²) in [4.78, 5) is 74.6. The molecule has 7 atom stereocenters. The van der Waals surface area contributed by atoms with Crippen molar-refractivity contribution < 1.29 is 118 Å². The van der Waals surface area contributed by atoms with Gasteiger partial charge in [-0.1, -0.05) is 92.7 Å². The number of hydrogen-bond acceptors (Lipinski definition) is 19. The van der Waals surface area contributed by atoms with Crippen molar-refractivity contribution in [2.24, 2.45) is 18.9 Å². The molecular weight excluding hydrogens is 1810 g/mol. The van der Waals surface area contributed by atoms with Crippen LogP contribution in [0.4, 0.5) is 31.4 Å². The predicted octanol–water partition coefficient (Wildman–Crippen LogP) is 7.45. The lowest BCUT2D eigenvalue weighted by Crippen LogP contribution is -3.00. The van der Waals surface area contributed by atoms with E-state index in [9.17, 15) is 29.1 Å². The van der Waals surface area contributed by atoms with Gasteiger partial charge in [0.15, 0.2) is 40.7 Å². The number of quaternary nitrogens is 2. The highest BCUT2D eigenvalue weighted by atomic mass is 79.9. The average Bonchev–Trinajstić information content (AvgIpc) is 1.56. The SMILES string of the molecule is CCC(=O)Oc1ccc2c(c1)[C@]1(C)CCN(C)[C@@H]1N2C.CCN(C)C(=O)Oc1cccc([C@H](C)N(C)C)c1.CC[N+](C)(C)c1cccc(C)c1.CN(C)C(=O)Oc1ccc[n+](C)c1.CN(C)C(=O)Oc1cccc([N+](C)(C)C)c1.COc1cc2c(cc1OC)C(=O)C(CC1CCN(Cc3ccccc3)CC1)C2.COc1ccc2c3c1O[C@H]1C[C@@H](O)C=C[C@@]31CCN(C)C2.[Br-].[Br-].[Cl-]. The number of carbonyl (C=O) groups excluding carboxylic acids is 5. The van der Waals surface area contributed by atoms with Gasteiger partial charge in [0.05, 0.1) is 80.8 Å². The van der Waals surface area contributed by atoms with E-state index in [2.05, 4.69) is 187 Å². The molecule has 7 aliphatic rings. The van der Waals surface area contributed by atoms with E-state index in [1.807, 2.05) is 119 Å². The van der Waals surface area contributed by atoms with Crippen LogP contribution in [-0.2, 0) is 42.2 Å². The molecule has 1 spiro atoms. The van der Waals surface area contributed by atoms with Crippen molar-refractivity contribution in [2.75, 3.05) is 171 Å². The van der Waals surface area contributed by atoms with Crippen LogP contribution >= 0.6 is 0 Å². The maximum Gasteiger partial charge on any atom is 0.414 e. The average molecular weight is 1960 g/mol. The summed E-state index contributed by atoms with van der Waals surface area (Å²) >= 11 is 0. The van der Waals surface area contributed by atoms with E-state index < -0.39 is 6.10 Å². The van der Waals surface area contributed by atoms with Crippen molar-refractivity contribution >= 4 is 47.1 Å². The Morgan fingerprint density at radius 2 is 1.25 bits per heavy atom. The van der Waals surface area contributed by atoms with E-state index in [1.54, 1.807) is 81.0 Å². The minimum Gasteiger partial charge on any atom is -1.00 e. The highest BCUT2D eigenvalue weighted by molar-refractivity contribution is 6.03. The molecule has 15 rings (SSSR count). The molecule has 2 aliphatic carbocycles. The monoisotopic (exact) mass is 1950 g/mol. The minimum atomic E-state index is -0.412. The van der Waals surface area contributed by atoms with Crippen LogP contribution in [0.1, 0.15) is 135 Å². The third-order valence-corrected chi connectivity index (χ3v) is 25.5. The Balaban J connectivity index is 0.000000238. The number of carbonyl (C=O) groups is 5. The van der Waals surface area contributed by atoms with E-state index in [0.717, 1.165) is 110 Å². The third-order valence-electron chi connectivity index (χ3n) is 25.5. The van der Waals surface area contributed by atoms with Crippen LogP contribution in [0, 0.1) is 18.8 Å². The summed E-state index contributed by atoms with van der Waals surface area (Å²) in [6, 6.07) is 52.4. The number of benzene rings is 7. The second-order valence-electron chi connectivity index (χ2n) is 36.8. The van der Waals surface area contributed by atoms with E-state index in [-0.39, 0.29) is 105 Å². The number of piperidine rings is 1. The fraction of sp³-hybridized carbons (Fsp3) is 0.476. The fourth-order valence-electron chi connectivity index (χ4n) is 17.2. The van der Waals surface area contributed by atoms with E-state index in [0.29, 0.717) is 70.5 Å². The number of methoxy groups -OCH3 is 3. The Labute approximate surface area is 807 Å². The first-order valence-electron chi connectivity index (χ1n) is 44.7. The summed E-state index contributed by atoms with van der Waals surface area (Å²) in [6.45, 7) is 20.6. The van der Waals surface area contributed by atoms with Crippen molar-refractivity contribution in [3.8, 4) is 46.0 Å². The number of amides is 3. The van der Waals surface area contributed by atoms with E-state index in [1.165, 1.54) is 66.7 Å². The second kappa shape index (κ2) is 49.9. The largest absolute Gasteiger partial charge is 1.00 e. The smallest absolute Gasteiger partial charge is 0.414 e. The Bertz CT molecular complexity index is 5090. The van der Waals surface area contributed by atoms with Crippen LogP contribution in [0.25, 0.3) is 0 Å². The Morgan fingerprint density at radius 3 is 1.85 bits per heavy atom. The molecule has 716 valence electrons. The molecule has 1 N–H and O–H groups in total. The van der Waals surface area contributed by atoms with Crippen LogP contribution in [-0.4, -0.2) is 254 Å². The van der Waals surface area contributed by atoms with Crippen LogP contribution < -0.4 is 103 Å². The number of aliphatic hydroxyl groups is 1. The standard InChI is InChI=1S/C24H29NO3.C17H21NO3.C16H22N2O2.C14H22N2O2.C12H19N2O2.C11H18N.C9H13N2O2.2BrH.ClH/c1-27-22-14-19-13-20(24(26)21(19)15-23(22)28-2)12-17-8-10-25(11-9-17)16-18-6-4-3-5-7-18;1-18-8-7-17-6-5-12(19)9-14(17)21-16-13(20-2)4-3-11(10-18)15(16)17;1-5-14(19)20-11-6-7-13-12(10-11)16(2)8-9-17(3)15(16)18(13)4;1-6-16(5)14(17)18-13-9-7-8-12(10-13)11(2)15(3)4;1-13(2)12(15)16-11-8-6-7-10(9-11)14(3,4)5;1-5-12(3,4)11-8-6-7-10(2)9-11;1-10(2)9(12)13-8-5-4-6-11(3)7-8;;;/h3-7,14-15,17,20H,8-13,16H2,1-2H3;3-6,12,14,19H,7-10H2,1-2H3;6-7,10,15H,5,8-9H2,1-4H3;7-11H,6H2,1-5H3;6-9H,1-5H3;6-9H,5H2,1-4H3;4-7H,1-3H3;3*1H/q;;;;3*+1;;;/p-3/t;12-,14-,17-;15-,16+;11-;;;;;;/m.010....../s1. The van der Waals surface area contributed by atoms with Crippen LogP contribution in [0.2, 0.25) is 0 Å². The number of esters is 1. The Morgan fingerprint density at radius 1 is 0.649 bits per heavy atom. The van der Waals surface area contributed by atoms with E-state index >= 15 is 0 Å². The molecule has 1 aromatic heterocycles. The topological polar surface area (TPSA) is 209 Å². The first-order chi connectivity index (χ1) is 60.7. The molecule has 5 aliphatic heterocycles. The number of nitrogens with zero attached hydrogens (tertiary/aromatic N) is 11. The van der Waals surface area contributed by atoms with Crippen molar-refractivity contribution in [2.45, 2.75) is 141 Å². The zero-order chi connectivity index (χ0) is 93.7. The molecule has 0 saturated carbocycles. The minimum absolute atomic E-state index is 0. The first kappa shape index (κ1) is 110. The normalized spacial score (nSPS) is 19.1. The molecule has 0 radical (unpaired) electrons. The number of ether oxygens (including phenoxy) is 8. The summed E-state index contributed by atoms with van der Waals surface area (Å²) in [7, 11) is 36.3. The number of likely N-dealkylation sites (tertiary alicyclic amines) is 2. The molecule has 28 heteroatoms. The zero-order valence-corrected chi connectivity index (χ0v) is 85.8. The molecule has 1 unspecified atom stereocenters. The van der Waals surface area contributed by atoms with Crippen LogP contribution in [0.5, 0.6) is 46.0 Å². The molecule has 2 fully saturated rings. The fourth-order valence-corrected chi connectivity index (χ4v) is 17.2. The third kappa shape index (κ3) is 28.9. The predicted molar refractivity (Wildman–Crippen MR) is 510 cm³/mol. The van der Waals surface area contributed by atoms with Crippen LogP contribution in [0.15, 0.2) is 182 Å². The van der Waals surface area contributed by atoms with Gasteiger partial charge in [0.1, 0.15) is 41.8 Å². The second-order valence-corrected chi connectivity index (χ2v) is 36.8. The lowest BCUT2D eigenvalue weighted by Gasteiger charge is -2.35.